The second-order valence-corrected chi connectivity index (χ2v) is 2.99. The van der Waals surface area contributed by atoms with Crippen molar-refractivity contribution >= 4 is 5.91 Å². The molecule has 0 aromatic carbocycles. The predicted molar refractivity (Wildman–Crippen MR) is 48.7 cm³/mol. The number of aromatic nitrogens is 2. The average Bonchev–Trinajstić information content (AvgIpc) is 2.46. The Morgan fingerprint density at radius 3 is 2.85 bits per heavy atom. The van der Waals surface area contributed by atoms with E-state index in [9.17, 15) is 4.79 Å². The number of imidazole rings is 1. The van der Waals surface area contributed by atoms with Crippen LogP contribution in [-0.4, -0.2) is 22.0 Å². The Hall–Kier alpha value is -1.36. The number of aryl methyl sites for hydroxylation is 1. The van der Waals surface area contributed by atoms with Gasteiger partial charge in [-0.3, -0.25) is 4.79 Å². The highest BCUT2D eigenvalue weighted by Gasteiger charge is 2.15. The third kappa shape index (κ3) is 2.29. The van der Waals surface area contributed by atoms with Gasteiger partial charge >= 0.3 is 0 Å². The van der Waals surface area contributed by atoms with Crippen LogP contribution < -0.4 is 11.5 Å². The lowest BCUT2D eigenvalue weighted by molar-refractivity contribution is -0.121. The summed E-state index contributed by atoms with van der Waals surface area (Å²) in [6, 6.07) is 0. The molecule has 72 valence electrons. The lowest BCUT2D eigenvalue weighted by Gasteiger charge is -2.09. The van der Waals surface area contributed by atoms with Gasteiger partial charge < -0.3 is 16.0 Å². The van der Waals surface area contributed by atoms with Crippen molar-refractivity contribution in [2.45, 2.75) is 6.42 Å². The molecule has 0 fully saturated rings. The predicted octanol–water partition coefficient (Wildman–Crippen LogP) is -0.977. The summed E-state index contributed by atoms with van der Waals surface area (Å²) in [6.07, 6.45) is 4.02. The van der Waals surface area contributed by atoms with Crippen LogP contribution >= 0.6 is 0 Å². The number of hydrogen-bond acceptors (Lipinski definition) is 3. The second-order valence-electron chi connectivity index (χ2n) is 2.99. The quantitative estimate of drug-likeness (QED) is 0.627. The van der Waals surface area contributed by atoms with Crippen LogP contribution in [0.4, 0.5) is 0 Å². The van der Waals surface area contributed by atoms with Gasteiger partial charge in [-0.15, -0.1) is 0 Å². The fourth-order valence-corrected chi connectivity index (χ4v) is 1.11. The molecule has 1 unspecified atom stereocenters. The number of rotatable bonds is 4. The van der Waals surface area contributed by atoms with E-state index in [4.69, 9.17) is 11.5 Å². The summed E-state index contributed by atoms with van der Waals surface area (Å²) in [7, 11) is 1.87. The van der Waals surface area contributed by atoms with Crippen molar-refractivity contribution in [2.75, 3.05) is 6.54 Å². The zero-order valence-electron chi connectivity index (χ0n) is 7.60. The van der Waals surface area contributed by atoms with Crippen LogP contribution in [0, 0.1) is 5.92 Å². The maximum absolute atomic E-state index is 10.9. The molecular weight excluding hydrogens is 168 g/mol. The molecule has 0 saturated heterocycles. The Morgan fingerprint density at radius 1 is 1.77 bits per heavy atom. The van der Waals surface area contributed by atoms with Crippen molar-refractivity contribution in [3.8, 4) is 0 Å². The highest BCUT2D eigenvalue weighted by Crippen LogP contribution is 2.04. The van der Waals surface area contributed by atoms with Crippen LogP contribution in [0.25, 0.3) is 0 Å². The number of primary amides is 1. The molecule has 0 aliphatic rings. The Kier molecular flexibility index (Phi) is 3.02. The van der Waals surface area contributed by atoms with Crippen molar-refractivity contribution in [2.24, 2.45) is 24.4 Å². The summed E-state index contributed by atoms with van der Waals surface area (Å²) in [4.78, 5) is 15.0. The molecular formula is C8H14N4O. The van der Waals surface area contributed by atoms with E-state index in [1.807, 2.05) is 17.8 Å². The molecule has 1 rings (SSSR count). The summed E-state index contributed by atoms with van der Waals surface area (Å²) in [5, 5.41) is 0. The maximum atomic E-state index is 10.9. The highest BCUT2D eigenvalue weighted by atomic mass is 16.1. The summed E-state index contributed by atoms with van der Waals surface area (Å²) in [5.41, 5.74) is 10.6. The van der Waals surface area contributed by atoms with Crippen LogP contribution in [0.3, 0.4) is 0 Å². The summed E-state index contributed by atoms with van der Waals surface area (Å²) >= 11 is 0. The first-order chi connectivity index (χ1) is 6.15. The molecule has 0 saturated carbocycles. The third-order valence-corrected chi connectivity index (χ3v) is 2.04. The van der Waals surface area contributed by atoms with Gasteiger partial charge in [0.25, 0.3) is 0 Å². The van der Waals surface area contributed by atoms with E-state index in [0.29, 0.717) is 6.42 Å². The molecule has 1 amide bonds. The van der Waals surface area contributed by atoms with Crippen LogP contribution in [-0.2, 0) is 18.3 Å². The van der Waals surface area contributed by atoms with Crippen molar-refractivity contribution in [1.29, 1.82) is 0 Å². The van der Waals surface area contributed by atoms with Gasteiger partial charge in [0.05, 0.1) is 5.92 Å². The fourth-order valence-electron chi connectivity index (χ4n) is 1.11. The molecule has 13 heavy (non-hydrogen) atoms. The first-order valence-electron chi connectivity index (χ1n) is 4.10. The Bertz CT molecular complexity index is 294. The molecule has 0 radical (unpaired) electrons. The Morgan fingerprint density at radius 2 is 2.46 bits per heavy atom. The van der Waals surface area contributed by atoms with Gasteiger partial charge in [-0.1, -0.05) is 0 Å². The van der Waals surface area contributed by atoms with Crippen LogP contribution in [0.5, 0.6) is 0 Å². The van der Waals surface area contributed by atoms with E-state index in [2.05, 4.69) is 4.98 Å². The largest absolute Gasteiger partial charge is 0.369 e. The highest BCUT2D eigenvalue weighted by molar-refractivity contribution is 5.77. The first-order valence-corrected chi connectivity index (χ1v) is 4.10. The van der Waals surface area contributed by atoms with E-state index < -0.39 is 0 Å². The van der Waals surface area contributed by atoms with Crippen molar-refractivity contribution in [3.63, 3.8) is 0 Å². The Labute approximate surface area is 76.7 Å². The molecule has 0 aliphatic heterocycles. The minimum atomic E-state index is -0.370. The molecule has 5 nitrogen and oxygen atoms in total. The lowest BCUT2D eigenvalue weighted by atomic mass is 10.1. The van der Waals surface area contributed by atoms with Crippen molar-refractivity contribution < 1.29 is 4.79 Å². The summed E-state index contributed by atoms with van der Waals surface area (Å²) in [5.74, 6) is 0.140. The zero-order valence-corrected chi connectivity index (χ0v) is 7.60. The monoisotopic (exact) mass is 182 g/mol. The van der Waals surface area contributed by atoms with Crippen LogP contribution in [0.1, 0.15) is 5.82 Å². The SMILES string of the molecule is Cn1ccnc1CC(CN)C(N)=O. The van der Waals surface area contributed by atoms with Gasteiger partial charge in [-0.2, -0.15) is 0 Å². The van der Waals surface area contributed by atoms with Gasteiger partial charge in [-0.05, 0) is 0 Å². The molecule has 0 aliphatic carbocycles. The summed E-state index contributed by atoms with van der Waals surface area (Å²) in [6.45, 7) is 0.266. The van der Waals surface area contributed by atoms with Gasteiger partial charge in [-0.25, -0.2) is 4.98 Å². The van der Waals surface area contributed by atoms with Crippen LogP contribution in [0.15, 0.2) is 12.4 Å². The number of carbonyl (C=O) groups is 1. The van der Waals surface area contributed by atoms with Crippen molar-refractivity contribution in [3.05, 3.63) is 18.2 Å². The maximum Gasteiger partial charge on any atom is 0.222 e. The lowest BCUT2D eigenvalue weighted by Crippen LogP contribution is -2.32. The van der Waals surface area contributed by atoms with E-state index >= 15 is 0 Å². The van der Waals surface area contributed by atoms with E-state index in [-0.39, 0.29) is 18.4 Å². The topological polar surface area (TPSA) is 86.9 Å². The smallest absolute Gasteiger partial charge is 0.222 e. The standard InChI is InChI=1S/C8H14N4O/c1-12-3-2-11-7(12)4-6(5-9)8(10)13/h2-3,6H,4-5,9H2,1H3,(H2,10,13). The second kappa shape index (κ2) is 4.04. The van der Waals surface area contributed by atoms with E-state index in [1.165, 1.54) is 0 Å². The molecule has 0 bridgehead atoms. The minimum absolute atomic E-state index is 0.266. The van der Waals surface area contributed by atoms with Gasteiger partial charge in [0.1, 0.15) is 5.82 Å². The molecule has 1 atom stereocenters. The number of carbonyl (C=O) groups excluding carboxylic acids is 1. The minimum Gasteiger partial charge on any atom is -0.369 e. The first kappa shape index (κ1) is 9.73. The van der Waals surface area contributed by atoms with E-state index in [0.717, 1.165) is 5.82 Å². The normalized spacial score (nSPS) is 12.8. The van der Waals surface area contributed by atoms with Gasteiger partial charge in [0.15, 0.2) is 0 Å². The molecule has 1 aromatic rings. The fraction of sp³-hybridized carbons (Fsp3) is 0.500. The van der Waals surface area contributed by atoms with Gasteiger partial charge in [0.2, 0.25) is 5.91 Å². The number of hydrogen-bond donors (Lipinski definition) is 2. The molecule has 1 aromatic heterocycles. The molecule has 1 heterocycles. The molecule has 0 spiro atoms. The summed E-state index contributed by atoms with van der Waals surface area (Å²) < 4.78 is 1.85. The molecule has 4 N–H and O–H groups in total. The third-order valence-electron chi connectivity index (χ3n) is 2.04. The molecule has 5 heteroatoms. The van der Waals surface area contributed by atoms with Crippen LogP contribution in [0.2, 0.25) is 0 Å². The van der Waals surface area contributed by atoms with E-state index in [1.54, 1.807) is 6.20 Å². The van der Waals surface area contributed by atoms with Gasteiger partial charge in [0, 0.05) is 32.4 Å². The zero-order chi connectivity index (χ0) is 9.84. The number of amides is 1. The average molecular weight is 182 g/mol. The van der Waals surface area contributed by atoms with Crippen molar-refractivity contribution in [1.82, 2.24) is 9.55 Å². The number of nitrogens with two attached hydrogens (primary N) is 2. The Balaban J connectivity index is 2.67. The number of nitrogens with zero attached hydrogens (tertiary/aromatic N) is 2.